The number of allylic oxidation sites excluding steroid dienone is 6. The summed E-state index contributed by atoms with van der Waals surface area (Å²) in [4.78, 5) is 55.2. The highest BCUT2D eigenvalue weighted by Gasteiger charge is 2.38. The number of unbranched alkanes of at least 4 members (excludes halogenated alkanes) is 33. The van der Waals surface area contributed by atoms with Crippen LogP contribution in [0.25, 0.3) is 0 Å². The second kappa shape index (κ2) is 55.3. The molecule has 0 unspecified atom stereocenters. The third-order valence-corrected chi connectivity index (χ3v) is 14.8. The van der Waals surface area contributed by atoms with Crippen LogP contribution < -0.4 is 0 Å². The lowest BCUT2D eigenvalue weighted by atomic mass is 9.92. The van der Waals surface area contributed by atoms with Gasteiger partial charge in [-0.1, -0.05) is 211 Å². The molecule has 0 spiro atoms. The smallest absolute Gasteiger partial charge is 0.307 e. The average Bonchev–Trinajstić information content (AvgIpc) is 3.43. The van der Waals surface area contributed by atoms with Crippen LogP contribution in [0.4, 0.5) is 0 Å². The van der Waals surface area contributed by atoms with E-state index in [9.17, 15) is 19.2 Å². The van der Waals surface area contributed by atoms with E-state index in [-0.39, 0.29) is 70.0 Å². The molecule has 0 amide bonds. The van der Waals surface area contributed by atoms with Crippen LogP contribution >= 0.6 is 0 Å². The van der Waals surface area contributed by atoms with Crippen molar-refractivity contribution in [3.8, 4) is 0 Å². The van der Waals surface area contributed by atoms with Crippen molar-refractivity contribution >= 4 is 23.9 Å². The topological polar surface area (TPSA) is 118 Å². The van der Waals surface area contributed by atoms with Crippen molar-refractivity contribution in [1.29, 1.82) is 0 Å². The van der Waals surface area contributed by atoms with Gasteiger partial charge < -0.3 is 23.7 Å². The molecule has 1 aliphatic rings. The Balaban J connectivity index is 2.77. The number of carbonyl (C=O) groups excluding carboxylic acids is 4. The van der Waals surface area contributed by atoms with Gasteiger partial charge in [-0.3, -0.25) is 24.1 Å². The molecule has 1 fully saturated rings. The van der Waals surface area contributed by atoms with Crippen molar-refractivity contribution < 1.29 is 42.9 Å². The second-order valence-corrected chi connectivity index (χ2v) is 22.3. The lowest BCUT2D eigenvalue weighted by Gasteiger charge is -2.32. The summed E-state index contributed by atoms with van der Waals surface area (Å²) in [6.45, 7) is 9.27. The quantitative estimate of drug-likeness (QED) is 0.0252. The van der Waals surface area contributed by atoms with E-state index < -0.39 is 11.4 Å². The molecule has 0 aromatic heterocycles. The first-order valence-electron chi connectivity index (χ1n) is 32.2. The van der Waals surface area contributed by atoms with Gasteiger partial charge in [0.25, 0.3) is 0 Å². The summed E-state index contributed by atoms with van der Waals surface area (Å²) in [5, 5.41) is 0. The van der Waals surface area contributed by atoms with Crippen molar-refractivity contribution in [2.75, 3.05) is 59.3 Å². The van der Waals surface area contributed by atoms with E-state index in [2.05, 4.69) is 62.1 Å². The molecule has 76 heavy (non-hydrogen) atoms. The number of ether oxygens (including phenoxy) is 5. The Morgan fingerprint density at radius 3 is 0.855 bits per heavy atom. The van der Waals surface area contributed by atoms with Crippen LogP contribution in [0.2, 0.25) is 0 Å². The Morgan fingerprint density at radius 2 is 0.579 bits per heavy atom. The lowest BCUT2D eigenvalue weighted by molar-refractivity contribution is -0.171. The van der Waals surface area contributed by atoms with Gasteiger partial charge in [-0.25, -0.2) is 0 Å². The molecule has 1 rings (SSSR count). The maximum Gasteiger partial charge on any atom is 0.307 e. The molecule has 0 aliphatic carbocycles. The first-order chi connectivity index (χ1) is 37.3. The van der Waals surface area contributed by atoms with Gasteiger partial charge in [0.1, 0.15) is 31.8 Å². The second-order valence-electron chi connectivity index (χ2n) is 22.3. The van der Waals surface area contributed by atoms with Crippen molar-refractivity contribution in [3.05, 3.63) is 36.5 Å². The van der Waals surface area contributed by atoms with Crippen LogP contribution in [0.1, 0.15) is 297 Å². The minimum atomic E-state index is -1.25. The lowest BCUT2D eigenvalue weighted by Crippen LogP contribution is -2.44. The number of esters is 4. The predicted molar refractivity (Wildman–Crippen MR) is 317 cm³/mol. The number of rotatable bonds is 56. The zero-order valence-corrected chi connectivity index (χ0v) is 49.9. The van der Waals surface area contributed by atoms with E-state index in [0.29, 0.717) is 39.0 Å². The van der Waals surface area contributed by atoms with E-state index in [1.165, 1.54) is 135 Å². The molecule has 0 saturated carbocycles. The monoisotopic (exact) mass is 1070 g/mol. The van der Waals surface area contributed by atoms with Crippen LogP contribution in [0.15, 0.2) is 36.5 Å². The zero-order chi connectivity index (χ0) is 54.9. The summed E-state index contributed by atoms with van der Waals surface area (Å²) in [7, 11) is 0. The maximum atomic E-state index is 13.3. The summed E-state index contributed by atoms with van der Waals surface area (Å²) in [5.74, 6) is -1.49. The Morgan fingerprint density at radius 1 is 0.342 bits per heavy atom. The predicted octanol–water partition coefficient (Wildman–Crippen LogP) is 18.0. The molecule has 0 N–H and O–H groups in total. The van der Waals surface area contributed by atoms with E-state index >= 15 is 0 Å². The first-order valence-corrected chi connectivity index (χ1v) is 32.2. The molecule has 0 aromatic carbocycles. The van der Waals surface area contributed by atoms with Crippen LogP contribution in [0.5, 0.6) is 0 Å². The van der Waals surface area contributed by atoms with Crippen LogP contribution in [0.3, 0.4) is 0 Å². The molecule has 0 atom stereocenters. The van der Waals surface area contributed by atoms with E-state index in [1.807, 2.05) is 0 Å². The van der Waals surface area contributed by atoms with Gasteiger partial charge in [0, 0.05) is 38.9 Å². The highest BCUT2D eigenvalue weighted by Crippen LogP contribution is 2.24. The summed E-state index contributed by atoms with van der Waals surface area (Å²) in [5.41, 5.74) is -1.25. The third-order valence-electron chi connectivity index (χ3n) is 14.8. The van der Waals surface area contributed by atoms with E-state index in [4.69, 9.17) is 23.7 Å². The van der Waals surface area contributed by atoms with E-state index in [0.717, 1.165) is 109 Å². The molecule has 0 bridgehead atoms. The molecule has 10 nitrogen and oxygen atoms in total. The number of carbonyl (C=O) groups is 4. The molecule has 442 valence electrons. The molecule has 0 radical (unpaired) electrons. The van der Waals surface area contributed by atoms with Gasteiger partial charge in [0.2, 0.25) is 0 Å². The normalized spacial score (nSPS) is 13.4. The third kappa shape index (κ3) is 48.2. The Labute approximate surface area is 467 Å². The van der Waals surface area contributed by atoms with Gasteiger partial charge in [-0.15, -0.1) is 0 Å². The van der Waals surface area contributed by atoms with Crippen LogP contribution in [-0.2, 0) is 42.9 Å². The minimum absolute atomic E-state index is 0.176. The molecule has 0 aromatic rings. The van der Waals surface area contributed by atoms with Crippen LogP contribution in [0, 0.1) is 5.41 Å². The summed E-state index contributed by atoms with van der Waals surface area (Å²) in [6.07, 6.45) is 60.6. The highest BCUT2D eigenvalue weighted by atomic mass is 16.6. The van der Waals surface area contributed by atoms with Gasteiger partial charge in [-0.2, -0.15) is 0 Å². The molecule has 1 saturated heterocycles. The molecule has 10 heteroatoms. The fraction of sp³-hybridized carbons (Fsp3) is 0.848. The largest absolute Gasteiger partial charge is 0.465 e. The summed E-state index contributed by atoms with van der Waals surface area (Å²) < 4.78 is 29.1. The number of morpholine rings is 1. The molecular weight excluding hydrogens is 951 g/mol. The number of hydrogen-bond donors (Lipinski definition) is 0. The summed E-state index contributed by atoms with van der Waals surface area (Å²) in [6, 6.07) is 0. The summed E-state index contributed by atoms with van der Waals surface area (Å²) >= 11 is 0. The molecular formula is C66H119NO9. The fourth-order valence-electron chi connectivity index (χ4n) is 9.57. The van der Waals surface area contributed by atoms with Crippen molar-refractivity contribution in [1.82, 2.24) is 4.90 Å². The Bertz CT molecular complexity index is 1290. The van der Waals surface area contributed by atoms with Gasteiger partial charge >= 0.3 is 23.9 Å². The van der Waals surface area contributed by atoms with Crippen molar-refractivity contribution in [3.63, 3.8) is 0 Å². The SMILES string of the molecule is CCCCCCCC/C=C\CCCCCCCC(=O)OCC(COC(=O)CCCCCCC/C=C\CCCCCCCC)(COC(=O)CCCCCCC/C=C\CCCCCCCC)COC(=O)CCN1CCOCC1. The van der Waals surface area contributed by atoms with Crippen LogP contribution in [-0.4, -0.2) is 88.1 Å². The maximum absolute atomic E-state index is 13.3. The van der Waals surface area contributed by atoms with Gasteiger partial charge in [0.15, 0.2) is 0 Å². The zero-order valence-electron chi connectivity index (χ0n) is 49.9. The standard InChI is InChI=1S/C66H119NO9/c1-4-7-10-13-16-19-22-25-28-31-34-37-40-43-46-49-62(68)73-58-66(61-76-65(71)52-53-67-54-56-72-57-55-67,59-74-63(69)50-47-44-41-38-35-32-29-26-23-20-17-14-11-8-5-2)60-75-64(70)51-48-45-42-39-36-33-30-27-24-21-18-15-12-9-6-3/h25-30H,4-24,31-61H2,1-3H3/b28-25-,29-26-,30-27-. The Kier molecular flexibility index (Phi) is 51.7. The highest BCUT2D eigenvalue weighted by molar-refractivity contribution is 5.71. The van der Waals surface area contributed by atoms with E-state index in [1.54, 1.807) is 0 Å². The fourth-order valence-corrected chi connectivity index (χ4v) is 9.57. The Hall–Kier alpha value is -2.98. The number of nitrogens with zero attached hydrogens (tertiary/aromatic N) is 1. The number of hydrogen-bond acceptors (Lipinski definition) is 10. The molecule has 1 heterocycles. The van der Waals surface area contributed by atoms with Gasteiger partial charge in [0.05, 0.1) is 19.6 Å². The van der Waals surface area contributed by atoms with Crippen molar-refractivity contribution in [2.45, 2.75) is 297 Å². The first kappa shape index (κ1) is 71.0. The molecule has 1 aliphatic heterocycles. The van der Waals surface area contributed by atoms with Crippen molar-refractivity contribution in [2.24, 2.45) is 5.41 Å². The van der Waals surface area contributed by atoms with Gasteiger partial charge in [-0.05, 0) is 96.3 Å². The minimum Gasteiger partial charge on any atom is -0.465 e. The average molecular weight is 1070 g/mol.